The van der Waals surface area contributed by atoms with Crippen molar-refractivity contribution in [2.24, 2.45) is 7.05 Å². The molecule has 0 unspecified atom stereocenters. The zero-order valence-corrected chi connectivity index (χ0v) is 11.1. The maximum absolute atomic E-state index is 8.91. The van der Waals surface area contributed by atoms with Gasteiger partial charge in [-0.3, -0.25) is 0 Å². The van der Waals surface area contributed by atoms with E-state index in [9.17, 15) is 0 Å². The first-order valence-corrected chi connectivity index (χ1v) is 6.11. The fourth-order valence-corrected chi connectivity index (χ4v) is 1.82. The average molecular weight is 256 g/mol. The molecule has 2 aromatic heterocycles. The quantitative estimate of drug-likeness (QED) is 0.891. The molecular weight excluding hydrogens is 240 g/mol. The van der Waals surface area contributed by atoms with E-state index in [1.54, 1.807) is 6.20 Å². The number of anilines is 1. The summed E-state index contributed by atoms with van der Waals surface area (Å²) in [4.78, 5) is 4.18. The first-order valence-electron chi connectivity index (χ1n) is 6.11. The van der Waals surface area contributed by atoms with Crippen molar-refractivity contribution in [3.05, 3.63) is 41.9 Å². The van der Waals surface area contributed by atoms with E-state index in [1.165, 1.54) is 0 Å². The molecule has 98 valence electrons. The van der Waals surface area contributed by atoms with Crippen molar-refractivity contribution in [3.8, 4) is 11.9 Å². The molecule has 19 heavy (non-hydrogen) atoms. The van der Waals surface area contributed by atoms with Crippen LogP contribution < -0.4 is 10.1 Å². The second kappa shape index (κ2) is 5.91. The van der Waals surface area contributed by atoms with E-state index in [2.05, 4.69) is 16.4 Å². The topological polar surface area (TPSA) is 62.9 Å². The largest absolute Gasteiger partial charge is 0.476 e. The Bertz CT molecular complexity index is 598. The highest BCUT2D eigenvalue weighted by molar-refractivity contribution is 5.52. The van der Waals surface area contributed by atoms with Gasteiger partial charge >= 0.3 is 0 Å². The second-order valence-electron chi connectivity index (χ2n) is 4.10. The van der Waals surface area contributed by atoms with E-state index in [1.807, 2.05) is 42.9 Å². The smallest absolute Gasteiger partial charge is 0.237 e. The number of aromatic nitrogens is 2. The predicted octanol–water partition coefficient (Wildman–Crippen LogP) is 2.30. The molecule has 0 bridgehead atoms. The Morgan fingerprint density at radius 3 is 3.05 bits per heavy atom. The molecule has 0 aliphatic heterocycles. The summed E-state index contributed by atoms with van der Waals surface area (Å²) in [6.45, 7) is 3.13. The molecule has 2 rings (SSSR count). The van der Waals surface area contributed by atoms with E-state index in [4.69, 9.17) is 10.00 Å². The normalized spacial score (nSPS) is 9.95. The van der Waals surface area contributed by atoms with Crippen molar-refractivity contribution in [2.75, 3.05) is 11.9 Å². The summed E-state index contributed by atoms with van der Waals surface area (Å²) in [5, 5.41) is 12.2. The number of nitriles is 1. The summed E-state index contributed by atoms with van der Waals surface area (Å²) in [5.41, 5.74) is 2.55. The number of nitrogens with one attached hydrogen (secondary N) is 1. The lowest BCUT2D eigenvalue weighted by Crippen LogP contribution is -2.03. The fraction of sp³-hybridized carbons (Fsp3) is 0.286. The maximum Gasteiger partial charge on any atom is 0.237 e. The van der Waals surface area contributed by atoms with Gasteiger partial charge in [0.2, 0.25) is 5.88 Å². The van der Waals surface area contributed by atoms with Crippen LogP contribution in [0, 0.1) is 11.3 Å². The number of aryl methyl sites for hydroxylation is 1. The number of pyridine rings is 1. The Labute approximate surface area is 112 Å². The van der Waals surface area contributed by atoms with Gasteiger partial charge in [-0.15, -0.1) is 0 Å². The lowest BCUT2D eigenvalue weighted by atomic mass is 10.3. The molecule has 0 atom stereocenters. The van der Waals surface area contributed by atoms with E-state index in [-0.39, 0.29) is 0 Å². The first kappa shape index (κ1) is 13.0. The van der Waals surface area contributed by atoms with Crippen molar-refractivity contribution in [3.63, 3.8) is 0 Å². The molecular formula is C14H16N4O. The third-order valence-corrected chi connectivity index (χ3v) is 2.71. The molecule has 2 aromatic rings. The van der Waals surface area contributed by atoms with Gasteiger partial charge in [0.25, 0.3) is 0 Å². The Balaban J connectivity index is 2.08. The Morgan fingerprint density at radius 2 is 2.37 bits per heavy atom. The number of ether oxygens (including phenoxy) is 1. The third-order valence-electron chi connectivity index (χ3n) is 2.71. The van der Waals surface area contributed by atoms with Gasteiger partial charge in [0.05, 0.1) is 12.3 Å². The summed E-state index contributed by atoms with van der Waals surface area (Å²) in [6.07, 6.45) is 3.63. The summed E-state index contributed by atoms with van der Waals surface area (Å²) in [5.74, 6) is 0.599. The van der Waals surface area contributed by atoms with Crippen LogP contribution in [-0.4, -0.2) is 16.2 Å². The van der Waals surface area contributed by atoms with E-state index >= 15 is 0 Å². The number of nitrogens with zero attached hydrogens (tertiary/aromatic N) is 3. The second-order valence-corrected chi connectivity index (χ2v) is 4.10. The molecule has 0 saturated heterocycles. The average Bonchev–Trinajstić information content (AvgIpc) is 2.78. The predicted molar refractivity (Wildman–Crippen MR) is 72.9 cm³/mol. The Kier molecular flexibility index (Phi) is 4.04. The molecule has 0 radical (unpaired) electrons. The van der Waals surface area contributed by atoms with Crippen molar-refractivity contribution in [1.29, 1.82) is 5.26 Å². The zero-order valence-electron chi connectivity index (χ0n) is 11.1. The zero-order chi connectivity index (χ0) is 13.7. The van der Waals surface area contributed by atoms with Crippen LogP contribution in [0.2, 0.25) is 0 Å². The minimum absolute atomic E-state index is 0.579. The van der Waals surface area contributed by atoms with Crippen LogP contribution in [0.15, 0.2) is 30.6 Å². The highest BCUT2D eigenvalue weighted by Crippen LogP contribution is 2.21. The standard InChI is InChI=1S/C14H16N4O/c1-3-19-14-13(5-4-6-16-14)17-9-11-7-12(8-15)18(2)10-11/h4-7,10,17H,3,9H2,1-2H3. The first-order chi connectivity index (χ1) is 9.24. The molecule has 0 spiro atoms. The summed E-state index contributed by atoms with van der Waals surface area (Å²) in [6, 6.07) is 7.79. The SMILES string of the molecule is CCOc1ncccc1NCc1cc(C#N)n(C)c1. The molecule has 0 fully saturated rings. The van der Waals surface area contributed by atoms with Gasteiger partial charge in [-0.25, -0.2) is 4.98 Å². The van der Waals surface area contributed by atoms with Crippen molar-refractivity contribution < 1.29 is 4.74 Å². The van der Waals surface area contributed by atoms with Crippen LogP contribution >= 0.6 is 0 Å². The van der Waals surface area contributed by atoms with Crippen LogP contribution in [0.3, 0.4) is 0 Å². The molecule has 1 N–H and O–H groups in total. The van der Waals surface area contributed by atoms with E-state index in [0.29, 0.717) is 24.7 Å². The molecule has 0 saturated carbocycles. The van der Waals surface area contributed by atoms with Gasteiger partial charge in [-0.2, -0.15) is 5.26 Å². The lowest BCUT2D eigenvalue weighted by Gasteiger charge is -2.10. The Morgan fingerprint density at radius 1 is 1.53 bits per heavy atom. The van der Waals surface area contributed by atoms with Crippen molar-refractivity contribution in [2.45, 2.75) is 13.5 Å². The minimum Gasteiger partial charge on any atom is -0.476 e. The van der Waals surface area contributed by atoms with Gasteiger partial charge in [-0.1, -0.05) is 0 Å². The molecule has 0 amide bonds. The van der Waals surface area contributed by atoms with Crippen molar-refractivity contribution in [1.82, 2.24) is 9.55 Å². The van der Waals surface area contributed by atoms with Gasteiger partial charge in [0, 0.05) is 26.0 Å². The van der Waals surface area contributed by atoms with Gasteiger partial charge in [0.15, 0.2) is 0 Å². The minimum atomic E-state index is 0.579. The van der Waals surface area contributed by atoms with Crippen molar-refractivity contribution >= 4 is 5.69 Å². The molecule has 0 aliphatic rings. The van der Waals surface area contributed by atoms with Gasteiger partial charge < -0.3 is 14.6 Å². The maximum atomic E-state index is 8.91. The van der Waals surface area contributed by atoms with Crippen LogP contribution in [0.5, 0.6) is 5.88 Å². The number of rotatable bonds is 5. The highest BCUT2D eigenvalue weighted by Gasteiger charge is 2.05. The summed E-state index contributed by atoms with van der Waals surface area (Å²) >= 11 is 0. The fourth-order valence-electron chi connectivity index (χ4n) is 1.82. The summed E-state index contributed by atoms with van der Waals surface area (Å²) < 4.78 is 7.25. The molecule has 5 heteroatoms. The van der Waals surface area contributed by atoms with Crippen LogP contribution in [0.25, 0.3) is 0 Å². The van der Waals surface area contributed by atoms with Crippen LogP contribution in [0.4, 0.5) is 5.69 Å². The monoisotopic (exact) mass is 256 g/mol. The van der Waals surface area contributed by atoms with Crippen LogP contribution in [-0.2, 0) is 13.6 Å². The third kappa shape index (κ3) is 3.05. The molecule has 0 aromatic carbocycles. The Hall–Kier alpha value is -2.48. The van der Waals surface area contributed by atoms with Gasteiger partial charge in [-0.05, 0) is 30.7 Å². The van der Waals surface area contributed by atoms with E-state index < -0.39 is 0 Å². The lowest BCUT2D eigenvalue weighted by molar-refractivity contribution is 0.328. The van der Waals surface area contributed by atoms with Gasteiger partial charge in [0.1, 0.15) is 11.8 Å². The number of hydrogen-bond acceptors (Lipinski definition) is 4. The molecule has 5 nitrogen and oxygen atoms in total. The highest BCUT2D eigenvalue weighted by atomic mass is 16.5. The molecule has 0 aliphatic carbocycles. The number of hydrogen-bond donors (Lipinski definition) is 1. The summed E-state index contributed by atoms with van der Waals surface area (Å²) in [7, 11) is 1.86. The van der Waals surface area contributed by atoms with Crippen LogP contribution in [0.1, 0.15) is 18.2 Å². The van der Waals surface area contributed by atoms with E-state index in [0.717, 1.165) is 11.3 Å². The molecule has 2 heterocycles.